The Labute approximate surface area is 133 Å². The largest absolute Gasteiger partial charge is 0.324 e. The first-order valence-electron chi connectivity index (χ1n) is 5.96. The second-order valence-corrected chi connectivity index (χ2v) is 7.08. The zero-order chi connectivity index (χ0) is 15.0. The van der Waals surface area contributed by atoms with Gasteiger partial charge in [-0.2, -0.15) is 0 Å². The molecule has 0 unspecified atom stereocenters. The van der Waals surface area contributed by atoms with Gasteiger partial charge in [0.1, 0.15) is 0 Å². The first-order chi connectivity index (χ1) is 9.23. The number of halogens is 2. The molecule has 1 aliphatic carbocycles. The van der Waals surface area contributed by atoms with E-state index in [1.807, 2.05) is 0 Å². The number of rotatable bonds is 5. The number of nitrogens with two attached hydrogens (primary N) is 1. The molecular formula is C11H15Cl2N3O4S. The van der Waals surface area contributed by atoms with Crippen LogP contribution in [0.2, 0.25) is 5.02 Å². The molecule has 0 heterocycles. The molecule has 0 saturated heterocycles. The van der Waals surface area contributed by atoms with Crippen molar-refractivity contribution >= 4 is 39.7 Å². The van der Waals surface area contributed by atoms with Crippen molar-refractivity contribution in [2.75, 3.05) is 6.54 Å². The lowest BCUT2D eigenvalue weighted by Gasteiger charge is -2.37. The molecule has 0 atom stereocenters. The monoisotopic (exact) mass is 355 g/mol. The Morgan fingerprint density at radius 1 is 1.43 bits per heavy atom. The van der Waals surface area contributed by atoms with Gasteiger partial charge in [-0.3, -0.25) is 10.1 Å². The molecule has 10 heteroatoms. The maximum atomic E-state index is 12.1. The molecule has 1 aromatic rings. The molecule has 0 aromatic heterocycles. The quantitative estimate of drug-likeness (QED) is 0.617. The fraction of sp³-hybridized carbons (Fsp3) is 0.455. The fourth-order valence-electron chi connectivity index (χ4n) is 1.98. The smallest absolute Gasteiger partial charge is 0.290 e. The molecule has 0 radical (unpaired) electrons. The molecule has 0 bridgehead atoms. The third kappa shape index (κ3) is 4.04. The summed E-state index contributed by atoms with van der Waals surface area (Å²) >= 11 is 5.65. The van der Waals surface area contributed by atoms with Crippen molar-refractivity contribution < 1.29 is 13.3 Å². The summed E-state index contributed by atoms with van der Waals surface area (Å²) < 4.78 is 26.6. The van der Waals surface area contributed by atoms with Crippen LogP contribution in [0.1, 0.15) is 19.3 Å². The maximum Gasteiger partial charge on any atom is 0.290 e. The zero-order valence-corrected chi connectivity index (χ0v) is 13.3. The van der Waals surface area contributed by atoms with Crippen LogP contribution < -0.4 is 10.5 Å². The minimum Gasteiger partial charge on any atom is -0.324 e. The number of hydrogen-bond donors (Lipinski definition) is 2. The van der Waals surface area contributed by atoms with Crippen molar-refractivity contribution in [2.24, 2.45) is 5.73 Å². The van der Waals surface area contributed by atoms with E-state index in [0.29, 0.717) is 0 Å². The van der Waals surface area contributed by atoms with Crippen molar-refractivity contribution in [2.45, 2.75) is 29.7 Å². The summed E-state index contributed by atoms with van der Waals surface area (Å²) in [7, 11) is -3.99. The molecule has 0 aliphatic heterocycles. The molecule has 21 heavy (non-hydrogen) atoms. The van der Waals surface area contributed by atoms with Crippen molar-refractivity contribution in [1.82, 2.24) is 4.72 Å². The molecular weight excluding hydrogens is 341 g/mol. The van der Waals surface area contributed by atoms with Crippen LogP contribution in [0.15, 0.2) is 23.1 Å². The average Bonchev–Trinajstić information content (AvgIpc) is 2.33. The molecule has 1 fully saturated rings. The highest BCUT2D eigenvalue weighted by molar-refractivity contribution is 7.89. The molecule has 1 aliphatic rings. The first-order valence-corrected chi connectivity index (χ1v) is 7.82. The Kier molecular flexibility index (Phi) is 5.57. The molecule has 7 nitrogen and oxygen atoms in total. The van der Waals surface area contributed by atoms with Gasteiger partial charge in [0.05, 0.1) is 4.92 Å². The van der Waals surface area contributed by atoms with Gasteiger partial charge in [-0.1, -0.05) is 11.6 Å². The van der Waals surface area contributed by atoms with E-state index in [1.165, 1.54) is 6.07 Å². The van der Waals surface area contributed by atoms with E-state index in [1.54, 1.807) is 0 Å². The summed E-state index contributed by atoms with van der Waals surface area (Å²) in [6.45, 7) is 0.0646. The van der Waals surface area contributed by atoms with Crippen molar-refractivity contribution in [1.29, 1.82) is 0 Å². The van der Waals surface area contributed by atoms with Crippen LogP contribution in [0.25, 0.3) is 0 Å². The number of nitro benzene ring substituents is 1. The van der Waals surface area contributed by atoms with Gasteiger partial charge in [0.25, 0.3) is 5.69 Å². The van der Waals surface area contributed by atoms with Crippen LogP contribution in [0, 0.1) is 10.1 Å². The summed E-state index contributed by atoms with van der Waals surface area (Å²) in [4.78, 5) is 9.74. The third-order valence-corrected chi connectivity index (χ3v) is 5.05. The summed E-state index contributed by atoms with van der Waals surface area (Å²) in [6, 6.07) is 3.43. The van der Waals surface area contributed by atoms with E-state index in [-0.39, 0.29) is 24.0 Å². The number of nitrogens with zero attached hydrogens (tertiary/aromatic N) is 1. The van der Waals surface area contributed by atoms with Crippen LogP contribution in [0.3, 0.4) is 0 Å². The standard InChI is InChI=1S/C11H14ClN3O4S.ClH/c12-8-2-3-10(9(6-8)15(16)17)20(18,19)14-7-11(13)4-1-5-11;/h2-3,6,14H,1,4-5,7,13H2;1H. The number of nitrogens with one attached hydrogen (secondary N) is 1. The molecule has 1 saturated carbocycles. The second kappa shape index (κ2) is 6.45. The summed E-state index contributed by atoms with van der Waals surface area (Å²) in [6.07, 6.45) is 2.43. The predicted molar refractivity (Wildman–Crippen MR) is 81.3 cm³/mol. The molecule has 2 rings (SSSR count). The topological polar surface area (TPSA) is 115 Å². The van der Waals surface area contributed by atoms with Crippen LogP contribution >= 0.6 is 24.0 Å². The van der Waals surface area contributed by atoms with Crippen LogP contribution in [0.4, 0.5) is 5.69 Å². The normalized spacial score (nSPS) is 16.7. The SMILES string of the molecule is Cl.NC1(CNS(=O)(=O)c2ccc(Cl)cc2[N+](=O)[O-])CCC1. The summed E-state index contributed by atoms with van der Waals surface area (Å²) in [5, 5.41) is 11.0. The van der Waals surface area contributed by atoms with Crippen molar-refractivity contribution in [3.8, 4) is 0 Å². The number of sulfonamides is 1. The molecule has 118 valence electrons. The minimum atomic E-state index is -3.99. The van der Waals surface area contributed by atoms with E-state index < -0.39 is 31.1 Å². The number of hydrogen-bond acceptors (Lipinski definition) is 5. The van der Waals surface area contributed by atoms with E-state index >= 15 is 0 Å². The van der Waals surface area contributed by atoms with Crippen LogP contribution in [0.5, 0.6) is 0 Å². The zero-order valence-electron chi connectivity index (χ0n) is 10.9. The van der Waals surface area contributed by atoms with Gasteiger partial charge in [0, 0.05) is 23.2 Å². The van der Waals surface area contributed by atoms with Gasteiger partial charge in [-0.15, -0.1) is 12.4 Å². The lowest BCUT2D eigenvalue weighted by atomic mass is 9.78. The Hall–Kier alpha value is -0.930. The van der Waals surface area contributed by atoms with Crippen molar-refractivity contribution in [3.63, 3.8) is 0 Å². The molecule has 3 N–H and O–H groups in total. The third-order valence-electron chi connectivity index (χ3n) is 3.37. The summed E-state index contributed by atoms with van der Waals surface area (Å²) in [5.41, 5.74) is 4.83. The minimum absolute atomic E-state index is 0. The molecule has 0 amide bonds. The predicted octanol–water partition coefficient (Wildman–Crippen LogP) is 1.83. The van der Waals surface area contributed by atoms with Gasteiger partial charge in [0.2, 0.25) is 10.0 Å². The summed E-state index contributed by atoms with van der Waals surface area (Å²) in [5.74, 6) is 0. The highest BCUT2D eigenvalue weighted by Gasteiger charge is 2.35. The Bertz CT molecular complexity index is 647. The fourth-order valence-corrected chi connectivity index (χ4v) is 3.44. The van der Waals surface area contributed by atoms with Crippen LogP contribution in [-0.2, 0) is 10.0 Å². The Morgan fingerprint density at radius 2 is 2.05 bits per heavy atom. The van der Waals surface area contributed by atoms with E-state index in [4.69, 9.17) is 17.3 Å². The average molecular weight is 356 g/mol. The molecule has 1 aromatic carbocycles. The van der Waals surface area contributed by atoms with Gasteiger partial charge < -0.3 is 5.73 Å². The number of nitro groups is 1. The Balaban J connectivity index is 0.00000220. The van der Waals surface area contributed by atoms with Crippen molar-refractivity contribution in [3.05, 3.63) is 33.3 Å². The van der Waals surface area contributed by atoms with E-state index in [9.17, 15) is 18.5 Å². The van der Waals surface area contributed by atoms with E-state index in [2.05, 4.69) is 4.72 Å². The maximum absolute atomic E-state index is 12.1. The first kappa shape index (κ1) is 18.1. The van der Waals surface area contributed by atoms with Gasteiger partial charge >= 0.3 is 0 Å². The van der Waals surface area contributed by atoms with E-state index in [0.717, 1.165) is 31.4 Å². The van der Waals surface area contributed by atoms with Gasteiger partial charge in [0.15, 0.2) is 4.90 Å². The number of benzene rings is 1. The highest BCUT2D eigenvalue weighted by Crippen LogP contribution is 2.30. The second-order valence-electron chi connectivity index (χ2n) is 4.91. The van der Waals surface area contributed by atoms with Gasteiger partial charge in [-0.25, -0.2) is 13.1 Å². The van der Waals surface area contributed by atoms with Crippen LogP contribution in [-0.4, -0.2) is 25.4 Å². The van der Waals surface area contributed by atoms with Gasteiger partial charge in [-0.05, 0) is 31.4 Å². The molecule has 0 spiro atoms. The Morgan fingerprint density at radius 3 is 2.52 bits per heavy atom. The lowest BCUT2D eigenvalue weighted by molar-refractivity contribution is -0.387. The highest BCUT2D eigenvalue weighted by atomic mass is 35.5. The lowest BCUT2D eigenvalue weighted by Crippen LogP contribution is -2.54.